The second kappa shape index (κ2) is 12.7. The lowest BCUT2D eigenvalue weighted by molar-refractivity contribution is 0.305. The number of unbranched alkanes of at least 4 members (excludes halogenated alkanes) is 4. The Kier molecular flexibility index (Phi) is 10.3. The number of hydrogen-bond acceptors (Lipinski definition) is 3. The summed E-state index contributed by atoms with van der Waals surface area (Å²) in [7, 11) is 0. The first-order chi connectivity index (χ1) is 13.2. The van der Waals surface area contributed by atoms with E-state index in [-0.39, 0.29) is 0 Å². The van der Waals surface area contributed by atoms with Crippen molar-refractivity contribution in [3.05, 3.63) is 52.5 Å². The molecule has 0 radical (unpaired) electrons. The van der Waals surface area contributed by atoms with E-state index >= 15 is 0 Å². The van der Waals surface area contributed by atoms with Crippen LogP contribution >= 0.6 is 23.2 Å². The lowest BCUT2D eigenvalue weighted by Crippen LogP contribution is -2.05. The van der Waals surface area contributed by atoms with Crippen LogP contribution in [-0.2, 0) is 0 Å². The number of rotatable bonds is 13. The lowest BCUT2D eigenvalue weighted by atomic mass is 10.2. The van der Waals surface area contributed by atoms with Crippen molar-refractivity contribution in [3.8, 4) is 11.5 Å². The molecule has 0 bridgehead atoms. The van der Waals surface area contributed by atoms with Gasteiger partial charge >= 0.3 is 0 Å². The summed E-state index contributed by atoms with van der Waals surface area (Å²) in [6.45, 7) is 4.52. The van der Waals surface area contributed by atoms with Gasteiger partial charge in [-0.2, -0.15) is 0 Å². The molecule has 3 nitrogen and oxygen atoms in total. The van der Waals surface area contributed by atoms with Crippen molar-refractivity contribution in [2.24, 2.45) is 0 Å². The Balaban J connectivity index is 1.60. The highest BCUT2D eigenvalue weighted by Crippen LogP contribution is 2.27. The zero-order valence-corrected chi connectivity index (χ0v) is 17.5. The van der Waals surface area contributed by atoms with Crippen molar-refractivity contribution in [3.63, 3.8) is 0 Å². The number of halogens is 2. The van der Waals surface area contributed by atoms with Crippen LogP contribution in [0.2, 0.25) is 10.0 Å². The smallest absolute Gasteiger partial charge is 0.137 e. The van der Waals surface area contributed by atoms with Gasteiger partial charge in [-0.1, -0.05) is 55.5 Å². The van der Waals surface area contributed by atoms with E-state index in [0.717, 1.165) is 43.9 Å². The fourth-order valence-electron chi connectivity index (χ4n) is 2.65. The highest BCUT2D eigenvalue weighted by atomic mass is 35.5. The average Bonchev–Trinajstić information content (AvgIpc) is 2.66. The van der Waals surface area contributed by atoms with E-state index in [1.807, 2.05) is 12.1 Å². The van der Waals surface area contributed by atoms with E-state index in [9.17, 15) is 0 Å². The molecule has 27 heavy (non-hydrogen) atoms. The van der Waals surface area contributed by atoms with Gasteiger partial charge in [-0.25, -0.2) is 0 Å². The zero-order valence-electron chi connectivity index (χ0n) is 16.0. The van der Waals surface area contributed by atoms with E-state index in [2.05, 4.69) is 24.4 Å². The fourth-order valence-corrected chi connectivity index (χ4v) is 3.11. The second-order valence-electron chi connectivity index (χ2n) is 6.49. The predicted molar refractivity (Wildman–Crippen MR) is 116 cm³/mol. The first kappa shape index (κ1) is 21.7. The van der Waals surface area contributed by atoms with Gasteiger partial charge < -0.3 is 14.8 Å². The molecule has 2 aromatic carbocycles. The maximum Gasteiger partial charge on any atom is 0.137 e. The van der Waals surface area contributed by atoms with E-state index < -0.39 is 0 Å². The van der Waals surface area contributed by atoms with Crippen LogP contribution in [0.25, 0.3) is 0 Å². The van der Waals surface area contributed by atoms with Crippen LogP contribution in [0.15, 0.2) is 42.5 Å². The largest absolute Gasteiger partial charge is 0.494 e. The maximum atomic E-state index is 6.09. The van der Waals surface area contributed by atoms with Gasteiger partial charge in [-0.3, -0.25) is 0 Å². The van der Waals surface area contributed by atoms with Crippen molar-refractivity contribution in [2.45, 2.75) is 45.4 Å². The number of ether oxygens (including phenoxy) is 2. The Bertz CT molecular complexity index is 679. The molecule has 0 unspecified atom stereocenters. The summed E-state index contributed by atoms with van der Waals surface area (Å²) < 4.78 is 11.5. The van der Waals surface area contributed by atoms with Gasteiger partial charge in [0.25, 0.3) is 0 Å². The fraction of sp³-hybridized carbons (Fsp3) is 0.455. The lowest BCUT2D eigenvalue weighted by Gasteiger charge is -2.11. The quantitative estimate of drug-likeness (QED) is 0.354. The minimum absolute atomic E-state index is 0.548. The van der Waals surface area contributed by atoms with Crippen molar-refractivity contribution in [2.75, 3.05) is 25.1 Å². The molecule has 148 valence electrons. The molecule has 0 aliphatic carbocycles. The van der Waals surface area contributed by atoms with Crippen LogP contribution in [0, 0.1) is 0 Å². The van der Waals surface area contributed by atoms with E-state index in [1.165, 1.54) is 19.3 Å². The van der Waals surface area contributed by atoms with Crippen LogP contribution in [0.5, 0.6) is 11.5 Å². The number of anilines is 1. The molecule has 0 saturated heterocycles. The van der Waals surface area contributed by atoms with Crippen molar-refractivity contribution in [1.82, 2.24) is 0 Å². The number of benzene rings is 2. The molecule has 0 aliphatic rings. The molecular weight excluding hydrogens is 381 g/mol. The second-order valence-corrected chi connectivity index (χ2v) is 7.34. The summed E-state index contributed by atoms with van der Waals surface area (Å²) in [5, 5.41) is 4.60. The summed E-state index contributed by atoms with van der Waals surface area (Å²) in [5.41, 5.74) is 1.09. The SMILES string of the molecule is CCCCCCOc1cccc(NCCCCOc2ccc(Cl)cc2Cl)c1. The molecule has 0 atom stereocenters. The summed E-state index contributed by atoms with van der Waals surface area (Å²) in [6, 6.07) is 13.4. The van der Waals surface area contributed by atoms with Gasteiger partial charge in [0.05, 0.1) is 18.2 Å². The highest BCUT2D eigenvalue weighted by molar-refractivity contribution is 6.35. The topological polar surface area (TPSA) is 30.5 Å². The minimum Gasteiger partial charge on any atom is -0.494 e. The third kappa shape index (κ3) is 8.77. The Hall–Kier alpha value is -1.58. The molecule has 0 amide bonds. The first-order valence-electron chi connectivity index (χ1n) is 9.73. The molecule has 0 aliphatic heterocycles. The Morgan fingerprint density at radius 3 is 2.48 bits per heavy atom. The molecule has 2 rings (SSSR count). The van der Waals surface area contributed by atoms with E-state index in [4.69, 9.17) is 32.7 Å². The van der Waals surface area contributed by atoms with Crippen molar-refractivity contribution in [1.29, 1.82) is 0 Å². The summed E-state index contributed by atoms with van der Waals surface area (Å²) in [6.07, 6.45) is 6.82. The van der Waals surface area contributed by atoms with Gasteiger partial charge in [0.1, 0.15) is 11.5 Å². The van der Waals surface area contributed by atoms with E-state index in [1.54, 1.807) is 18.2 Å². The summed E-state index contributed by atoms with van der Waals surface area (Å²) in [4.78, 5) is 0. The normalized spacial score (nSPS) is 10.6. The van der Waals surface area contributed by atoms with E-state index in [0.29, 0.717) is 22.4 Å². The van der Waals surface area contributed by atoms with Gasteiger partial charge in [0.2, 0.25) is 0 Å². The van der Waals surface area contributed by atoms with Crippen LogP contribution in [0.4, 0.5) is 5.69 Å². The molecule has 0 aromatic heterocycles. The third-order valence-electron chi connectivity index (χ3n) is 4.15. The first-order valence-corrected chi connectivity index (χ1v) is 10.5. The van der Waals surface area contributed by atoms with Crippen LogP contribution in [-0.4, -0.2) is 19.8 Å². The van der Waals surface area contributed by atoms with Gasteiger partial charge in [0, 0.05) is 23.3 Å². The summed E-state index contributed by atoms with van der Waals surface area (Å²) >= 11 is 12.0. The number of hydrogen-bond donors (Lipinski definition) is 1. The molecule has 5 heteroatoms. The molecule has 0 fully saturated rings. The summed E-state index contributed by atoms with van der Waals surface area (Å²) in [5.74, 6) is 1.61. The van der Waals surface area contributed by atoms with Gasteiger partial charge in [-0.05, 0) is 49.6 Å². The maximum absolute atomic E-state index is 6.09. The third-order valence-corrected chi connectivity index (χ3v) is 4.68. The molecule has 1 N–H and O–H groups in total. The molecule has 0 heterocycles. The zero-order chi connectivity index (χ0) is 19.3. The Labute approximate surface area is 173 Å². The molecule has 2 aromatic rings. The highest BCUT2D eigenvalue weighted by Gasteiger charge is 2.02. The Morgan fingerprint density at radius 1 is 0.852 bits per heavy atom. The standard InChI is InChI=1S/C22H29Cl2NO2/c1-2-3-4-6-14-26-20-10-8-9-19(17-20)25-13-5-7-15-27-22-12-11-18(23)16-21(22)24/h8-12,16-17,25H,2-7,13-15H2,1H3. The van der Waals surface area contributed by atoms with Crippen molar-refractivity contribution < 1.29 is 9.47 Å². The van der Waals surface area contributed by atoms with Crippen LogP contribution in [0.3, 0.4) is 0 Å². The van der Waals surface area contributed by atoms with Crippen LogP contribution < -0.4 is 14.8 Å². The predicted octanol–water partition coefficient (Wildman–Crippen LogP) is 7.22. The Morgan fingerprint density at radius 2 is 1.67 bits per heavy atom. The van der Waals surface area contributed by atoms with Crippen LogP contribution in [0.1, 0.15) is 45.4 Å². The van der Waals surface area contributed by atoms with Crippen molar-refractivity contribution >= 4 is 28.9 Å². The minimum atomic E-state index is 0.548. The monoisotopic (exact) mass is 409 g/mol. The van der Waals surface area contributed by atoms with Gasteiger partial charge in [0.15, 0.2) is 0 Å². The molecule has 0 saturated carbocycles. The molecule has 0 spiro atoms. The van der Waals surface area contributed by atoms with Gasteiger partial charge in [-0.15, -0.1) is 0 Å². The average molecular weight is 410 g/mol. The molecular formula is C22H29Cl2NO2. The number of nitrogens with one attached hydrogen (secondary N) is 1.